The number of fused-ring (bicyclic) bond motifs is 2. The van der Waals surface area contributed by atoms with Crippen molar-refractivity contribution >= 4 is 28.9 Å². The molecule has 6 nitrogen and oxygen atoms in total. The second-order valence-electron chi connectivity index (χ2n) is 6.39. The van der Waals surface area contributed by atoms with E-state index < -0.39 is 5.79 Å². The number of hydrogen-bond donors (Lipinski definition) is 0. The van der Waals surface area contributed by atoms with Crippen LogP contribution in [0.5, 0.6) is 23.0 Å². The number of ether oxygens (including phenoxy) is 6. The second-order valence-corrected chi connectivity index (χ2v) is 8.34. The predicted molar refractivity (Wildman–Crippen MR) is 99.5 cm³/mol. The predicted octanol–water partition coefficient (Wildman–Crippen LogP) is 2.23. The molecule has 3 radical (unpaired) electrons. The molecule has 1 atom stereocenters. The third kappa shape index (κ3) is 3.17. The van der Waals surface area contributed by atoms with Gasteiger partial charge in [0.25, 0.3) is 0 Å². The van der Waals surface area contributed by atoms with Gasteiger partial charge in [-0.3, -0.25) is 0 Å². The van der Waals surface area contributed by atoms with E-state index in [-0.39, 0.29) is 6.10 Å². The molecule has 2 aromatic rings. The van der Waals surface area contributed by atoms with Crippen molar-refractivity contribution in [3.05, 3.63) is 41.5 Å². The molecule has 1 saturated heterocycles. The molecule has 1 spiro atoms. The van der Waals surface area contributed by atoms with Gasteiger partial charge in [0.15, 0.2) is 0 Å². The molecule has 2 aromatic carbocycles. The fourth-order valence-corrected chi connectivity index (χ4v) is 5.06. The van der Waals surface area contributed by atoms with Crippen molar-refractivity contribution in [1.29, 1.82) is 0 Å². The third-order valence-corrected chi connectivity index (χ3v) is 6.83. The third-order valence-electron chi connectivity index (χ3n) is 4.99. The van der Waals surface area contributed by atoms with Gasteiger partial charge in [-0.05, 0) is 0 Å². The van der Waals surface area contributed by atoms with Crippen molar-refractivity contribution in [2.45, 2.75) is 18.3 Å². The van der Waals surface area contributed by atoms with Crippen LogP contribution in [-0.4, -0.2) is 60.3 Å². The maximum absolute atomic E-state index is 6.47. The van der Waals surface area contributed by atoms with Crippen LogP contribution >= 0.6 is 0 Å². The SMILES string of the molecule is COc1ccc(C2CC3(OCCO3)c3c(OC)cc(OC)[c]([Pb])c3O2)cc1. The summed E-state index contributed by atoms with van der Waals surface area (Å²) in [7, 11) is 4.95. The Morgan fingerprint density at radius 2 is 1.63 bits per heavy atom. The summed E-state index contributed by atoms with van der Waals surface area (Å²) in [5, 5.41) is 0. The van der Waals surface area contributed by atoms with Crippen LogP contribution in [0.4, 0.5) is 0 Å². The van der Waals surface area contributed by atoms with Gasteiger partial charge >= 0.3 is 175 Å². The van der Waals surface area contributed by atoms with Crippen LogP contribution in [0.3, 0.4) is 0 Å². The molecule has 1 fully saturated rings. The molecule has 2 aliphatic rings. The van der Waals surface area contributed by atoms with Crippen molar-refractivity contribution in [3.63, 3.8) is 0 Å². The first kappa shape index (κ1) is 18.8. The van der Waals surface area contributed by atoms with Gasteiger partial charge in [-0.2, -0.15) is 0 Å². The van der Waals surface area contributed by atoms with Gasteiger partial charge in [0, 0.05) is 0 Å². The Hall–Kier alpha value is -1.52. The monoisotopic (exact) mass is 565 g/mol. The first-order valence-electron chi connectivity index (χ1n) is 8.71. The molecule has 0 aromatic heterocycles. The molecule has 0 N–H and O–H groups in total. The summed E-state index contributed by atoms with van der Waals surface area (Å²) in [6.45, 7) is 1.08. The van der Waals surface area contributed by atoms with Gasteiger partial charge in [-0.15, -0.1) is 0 Å². The Balaban J connectivity index is 1.84. The zero-order valence-corrected chi connectivity index (χ0v) is 19.4. The Kier molecular flexibility index (Phi) is 5.22. The molecule has 0 saturated carbocycles. The van der Waals surface area contributed by atoms with Gasteiger partial charge < -0.3 is 0 Å². The summed E-state index contributed by atoms with van der Waals surface area (Å²) >= 11 is 0.755. The van der Waals surface area contributed by atoms with Crippen LogP contribution in [0.1, 0.15) is 23.7 Å². The molecule has 1 unspecified atom stereocenters. The van der Waals surface area contributed by atoms with Crippen molar-refractivity contribution in [2.75, 3.05) is 34.5 Å². The quantitative estimate of drug-likeness (QED) is 0.532. The standard InChI is InChI=1S/C20H21O6.Pb/c1-21-14-6-4-13(5-7-14)18-12-20(24-8-9-25-20)19-16(23-3)10-15(22-2)11-17(19)26-18;/h4-7,10,18H,8-9,12H2,1-3H3;. The van der Waals surface area contributed by atoms with E-state index >= 15 is 0 Å². The van der Waals surface area contributed by atoms with Gasteiger partial charge in [0.1, 0.15) is 0 Å². The Morgan fingerprint density at radius 3 is 2.22 bits per heavy atom. The fraction of sp³-hybridized carbons (Fsp3) is 0.400. The molecule has 4 rings (SSSR count). The Morgan fingerprint density at radius 1 is 0.963 bits per heavy atom. The van der Waals surface area contributed by atoms with Crippen LogP contribution in [0.2, 0.25) is 0 Å². The molecule has 7 heteroatoms. The van der Waals surface area contributed by atoms with Crippen LogP contribution in [-0.2, 0) is 15.3 Å². The minimum absolute atomic E-state index is 0.203. The first-order valence-corrected chi connectivity index (χ1v) is 10.7. The van der Waals surface area contributed by atoms with E-state index in [1.54, 1.807) is 21.3 Å². The summed E-state index contributed by atoms with van der Waals surface area (Å²) in [5.74, 6) is 2.13. The average Bonchev–Trinajstić information content (AvgIpc) is 3.17. The molecule has 27 heavy (non-hydrogen) atoms. The molecular formula is C20H21O6Pb. The zero-order valence-electron chi connectivity index (χ0n) is 15.5. The van der Waals surface area contributed by atoms with Crippen molar-refractivity contribution < 1.29 is 28.4 Å². The van der Waals surface area contributed by atoms with Gasteiger partial charge in [0.2, 0.25) is 0 Å². The fourth-order valence-electron chi connectivity index (χ4n) is 3.66. The van der Waals surface area contributed by atoms with Gasteiger partial charge in [-0.25, -0.2) is 0 Å². The molecule has 0 aliphatic carbocycles. The summed E-state index contributed by atoms with van der Waals surface area (Å²) in [6.07, 6.45) is 0.349. The van der Waals surface area contributed by atoms with Gasteiger partial charge in [0.05, 0.1) is 0 Å². The number of hydrogen-bond acceptors (Lipinski definition) is 6. The van der Waals surface area contributed by atoms with Crippen LogP contribution < -0.4 is 22.1 Å². The Bertz CT molecular complexity index is 829. The normalized spacial score (nSPS) is 20.1. The van der Waals surface area contributed by atoms with Crippen LogP contribution in [0.15, 0.2) is 30.3 Å². The molecule has 2 aliphatic heterocycles. The molecule has 0 amide bonds. The van der Waals surface area contributed by atoms with Gasteiger partial charge in [-0.1, -0.05) is 0 Å². The molecular weight excluding hydrogens is 543 g/mol. The number of rotatable bonds is 4. The summed E-state index contributed by atoms with van der Waals surface area (Å²) in [4.78, 5) is 0. The first-order chi connectivity index (χ1) is 13.1. The van der Waals surface area contributed by atoms with E-state index in [0.717, 1.165) is 57.3 Å². The number of methoxy groups -OCH3 is 3. The average molecular weight is 565 g/mol. The minimum atomic E-state index is -0.866. The zero-order chi connectivity index (χ0) is 19.0. The van der Waals surface area contributed by atoms with E-state index in [9.17, 15) is 0 Å². The summed E-state index contributed by atoms with van der Waals surface area (Å²) in [6, 6.07) is 9.80. The van der Waals surface area contributed by atoms with E-state index in [4.69, 9.17) is 28.4 Å². The van der Waals surface area contributed by atoms with Crippen molar-refractivity contribution in [2.24, 2.45) is 0 Å². The topological polar surface area (TPSA) is 55.4 Å². The van der Waals surface area contributed by atoms with E-state index in [1.165, 1.54) is 0 Å². The molecule has 141 valence electrons. The van der Waals surface area contributed by atoms with Crippen LogP contribution in [0, 0.1) is 0 Å². The van der Waals surface area contributed by atoms with Crippen molar-refractivity contribution in [3.8, 4) is 23.0 Å². The summed E-state index contributed by atoms with van der Waals surface area (Å²) < 4.78 is 36.3. The Labute approximate surface area is 174 Å². The maximum atomic E-state index is 6.47. The van der Waals surface area contributed by atoms with Crippen molar-refractivity contribution in [1.82, 2.24) is 0 Å². The van der Waals surface area contributed by atoms with E-state index in [1.807, 2.05) is 30.3 Å². The molecule has 2 heterocycles. The molecule has 0 bridgehead atoms. The van der Waals surface area contributed by atoms with E-state index in [0.29, 0.717) is 25.4 Å². The number of benzene rings is 2. The second kappa shape index (κ2) is 7.48. The van der Waals surface area contributed by atoms with Crippen LogP contribution in [0.25, 0.3) is 0 Å². The summed E-state index contributed by atoms with van der Waals surface area (Å²) in [5.41, 5.74) is 1.88. The van der Waals surface area contributed by atoms with E-state index in [2.05, 4.69) is 0 Å².